The van der Waals surface area contributed by atoms with Crippen molar-refractivity contribution in [2.75, 3.05) is 19.6 Å². The maximum absolute atomic E-state index is 13.2. The standard InChI is InChI=1S/C25H28N4O/c1-2-28-24(30)25(10-13-29(19-25)18-21-7-4-11-26-16-21)15-20-6-3-8-22(14-20)23-9-5-12-27-17-23/h3-9,11-12,14,16-17H,2,10,13,15,18-19H2,1H3,(H,28,30). The second kappa shape index (κ2) is 9.18. The van der Waals surface area contributed by atoms with Gasteiger partial charge in [-0.1, -0.05) is 36.4 Å². The Bertz CT molecular complexity index is 977. The molecular formula is C25H28N4O. The fourth-order valence-corrected chi connectivity index (χ4v) is 4.39. The van der Waals surface area contributed by atoms with E-state index in [2.05, 4.69) is 56.6 Å². The Morgan fingerprint density at radius 3 is 2.53 bits per heavy atom. The quantitative estimate of drug-likeness (QED) is 0.657. The van der Waals surface area contributed by atoms with Crippen LogP contribution in [0.1, 0.15) is 24.5 Å². The molecular weight excluding hydrogens is 372 g/mol. The first kappa shape index (κ1) is 20.2. The lowest BCUT2D eigenvalue weighted by Gasteiger charge is -2.28. The van der Waals surface area contributed by atoms with E-state index in [1.165, 1.54) is 11.1 Å². The molecule has 0 spiro atoms. The number of aromatic nitrogens is 2. The third-order valence-electron chi connectivity index (χ3n) is 5.85. The van der Waals surface area contributed by atoms with Crippen LogP contribution in [0.4, 0.5) is 0 Å². The van der Waals surface area contributed by atoms with Crippen molar-refractivity contribution in [2.45, 2.75) is 26.3 Å². The number of nitrogens with one attached hydrogen (secondary N) is 1. The number of carbonyl (C=O) groups excluding carboxylic acids is 1. The van der Waals surface area contributed by atoms with Crippen LogP contribution in [-0.2, 0) is 17.8 Å². The van der Waals surface area contributed by atoms with Crippen molar-refractivity contribution in [3.63, 3.8) is 0 Å². The van der Waals surface area contributed by atoms with Gasteiger partial charge in [0, 0.05) is 44.4 Å². The minimum Gasteiger partial charge on any atom is -0.356 e. The highest BCUT2D eigenvalue weighted by Gasteiger charge is 2.44. The molecule has 0 bridgehead atoms. The summed E-state index contributed by atoms with van der Waals surface area (Å²) in [5, 5.41) is 3.09. The highest BCUT2D eigenvalue weighted by molar-refractivity contribution is 5.83. The molecule has 1 atom stereocenters. The zero-order valence-corrected chi connectivity index (χ0v) is 17.4. The van der Waals surface area contributed by atoms with Gasteiger partial charge in [0.25, 0.3) is 0 Å². The summed E-state index contributed by atoms with van der Waals surface area (Å²) in [5.41, 5.74) is 4.19. The monoisotopic (exact) mass is 400 g/mol. The van der Waals surface area contributed by atoms with Crippen LogP contribution in [0.15, 0.2) is 73.3 Å². The molecule has 1 unspecified atom stereocenters. The fraction of sp³-hybridized carbons (Fsp3) is 0.320. The molecule has 1 aliphatic rings. The minimum absolute atomic E-state index is 0.158. The normalized spacial score (nSPS) is 19.0. The number of hydrogen-bond donors (Lipinski definition) is 1. The van der Waals surface area contributed by atoms with Crippen LogP contribution in [-0.4, -0.2) is 40.4 Å². The Morgan fingerprint density at radius 2 is 1.80 bits per heavy atom. The van der Waals surface area contributed by atoms with Crippen molar-refractivity contribution in [1.82, 2.24) is 20.2 Å². The van der Waals surface area contributed by atoms with Crippen LogP contribution in [0.25, 0.3) is 11.1 Å². The Morgan fingerprint density at radius 1 is 1.03 bits per heavy atom. The first-order valence-corrected chi connectivity index (χ1v) is 10.6. The number of nitrogens with zero attached hydrogens (tertiary/aromatic N) is 3. The van der Waals surface area contributed by atoms with Crippen LogP contribution < -0.4 is 5.32 Å². The number of amides is 1. The van der Waals surface area contributed by atoms with E-state index in [-0.39, 0.29) is 5.91 Å². The van der Waals surface area contributed by atoms with Crippen molar-refractivity contribution >= 4 is 5.91 Å². The van der Waals surface area contributed by atoms with Gasteiger partial charge in [-0.2, -0.15) is 0 Å². The predicted octanol–water partition coefficient (Wildman–Crippen LogP) is 3.71. The summed E-state index contributed by atoms with van der Waals surface area (Å²) in [7, 11) is 0. The van der Waals surface area contributed by atoms with E-state index in [0.29, 0.717) is 6.54 Å². The lowest BCUT2D eigenvalue weighted by molar-refractivity contribution is -0.130. The van der Waals surface area contributed by atoms with E-state index < -0.39 is 5.41 Å². The summed E-state index contributed by atoms with van der Waals surface area (Å²) in [6.07, 6.45) is 8.95. The molecule has 4 rings (SSSR count). The number of rotatable bonds is 7. The zero-order chi connectivity index (χ0) is 20.8. The first-order chi connectivity index (χ1) is 14.7. The summed E-state index contributed by atoms with van der Waals surface area (Å²) in [6.45, 7) is 5.12. The smallest absolute Gasteiger partial charge is 0.227 e. The van der Waals surface area contributed by atoms with Gasteiger partial charge in [-0.05, 0) is 60.7 Å². The Hall–Kier alpha value is -3.05. The second-order valence-corrected chi connectivity index (χ2v) is 8.08. The zero-order valence-electron chi connectivity index (χ0n) is 17.4. The number of benzene rings is 1. The number of carbonyl (C=O) groups is 1. The molecule has 1 amide bonds. The van der Waals surface area contributed by atoms with E-state index in [4.69, 9.17) is 0 Å². The third-order valence-corrected chi connectivity index (χ3v) is 5.85. The van der Waals surface area contributed by atoms with E-state index in [0.717, 1.165) is 43.6 Å². The van der Waals surface area contributed by atoms with Crippen molar-refractivity contribution in [3.05, 3.63) is 84.4 Å². The number of hydrogen-bond acceptors (Lipinski definition) is 4. The maximum atomic E-state index is 13.2. The maximum Gasteiger partial charge on any atom is 0.227 e. The van der Waals surface area contributed by atoms with E-state index in [1.54, 1.807) is 12.4 Å². The Kier molecular flexibility index (Phi) is 6.19. The van der Waals surface area contributed by atoms with Crippen molar-refractivity contribution in [2.24, 2.45) is 5.41 Å². The van der Waals surface area contributed by atoms with Crippen LogP contribution in [0.2, 0.25) is 0 Å². The largest absolute Gasteiger partial charge is 0.356 e. The summed E-state index contributed by atoms with van der Waals surface area (Å²) in [4.78, 5) is 24.0. The van der Waals surface area contributed by atoms with E-state index in [9.17, 15) is 4.79 Å². The van der Waals surface area contributed by atoms with Crippen LogP contribution in [0.3, 0.4) is 0 Å². The van der Waals surface area contributed by atoms with Gasteiger partial charge >= 0.3 is 0 Å². The van der Waals surface area contributed by atoms with Gasteiger partial charge in [-0.3, -0.25) is 19.7 Å². The lowest BCUT2D eigenvalue weighted by Crippen LogP contribution is -2.44. The molecule has 154 valence electrons. The van der Waals surface area contributed by atoms with Crippen molar-refractivity contribution in [1.29, 1.82) is 0 Å². The predicted molar refractivity (Wildman–Crippen MR) is 119 cm³/mol. The molecule has 2 aromatic heterocycles. The Balaban J connectivity index is 1.56. The summed E-state index contributed by atoms with van der Waals surface area (Å²) >= 11 is 0. The molecule has 1 N–H and O–H groups in total. The molecule has 1 fully saturated rings. The topological polar surface area (TPSA) is 58.1 Å². The number of likely N-dealkylation sites (tertiary alicyclic amines) is 1. The minimum atomic E-state index is -0.411. The summed E-state index contributed by atoms with van der Waals surface area (Å²) < 4.78 is 0. The van der Waals surface area contributed by atoms with Gasteiger partial charge in [0.2, 0.25) is 5.91 Å². The molecule has 1 aliphatic heterocycles. The van der Waals surface area contributed by atoms with E-state index >= 15 is 0 Å². The molecule has 3 aromatic rings. The van der Waals surface area contributed by atoms with E-state index in [1.807, 2.05) is 31.5 Å². The lowest BCUT2D eigenvalue weighted by atomic mass is 9.79. The van der Waals surface area contributed by atoms with Gasteiger partial charge < -0.3 is 5.32 Å². The second-order valence-electron chi connectivity index (χ2n) is 8.08. The molecule has 1 saturated heterocycles. The molecule has 1 aromatic carbocycles. The summed E-state index contributed by atoms with van der Waals surface area (Å²) in [6, 6.07) is 16.6. The van der Waals surface area contributed by atoms with Crippen LogP contribution >= 0.6 is 0 Å². The Labute approximate surface area is 178 Å². The molecule has 0 saturated carbocycles. The molecule has 0 aliphatic carbocycles. The third kappa shape index (κ3) is 4.57. The molecule has 3 heterocycles. The van der Waals surface area contributed by atoms with Crippen molar-refractivity contribution < 1.29 is 4.79 Å². The van der Waals surface area contributed by atoms with Gasteiger partial charge in [-0.25, -0.2) is 0 Å². The molecule has 30 heavy (non-hydrogen) atoms. The molecule has 5 nitrogen and oxygen atoms in total. The highest BCUT2D eigenvalue weighted by Crippen LogP contribution is 2.36. The average Bonchev–Trinajstić information content (AvgIpc) is 3.19. The van der Waals surface area contributed by atoms with Gasteiger partial charge in [-0.15, -0.1) is 0 Å². The van der Waals surface area contributed by atoms with Gasteiger partial charge in [0.15, 0.2) is 0 Å². The van der Waals surface area contributed by atoms with Gasteiger partial charge in [0.05, 0.1) is 5.41 Å². The highest BCUT2D eigenvalue weighted by atomic mass is 16.2. The SMILES string of the molecule is CCNC(=O)C1(Cc2cccc(-c3cccnc3)c2)CCN(Cc2cccnc2)C1. The average molecular weight is 401 g/mol. The van der Waals surface area contributed by atoms with Crippen LogP contribution in [0.5, 0.6) is 0 Å². The molecule has 0 radical (unpaired) electrons. The number of pyridine rings is 2. The molecule has 5 heteroatoms. The van der Waals surface area contributed by atoms with Gasteiger partial charge in [0.1, 0.15) is 0 Å². The summed E-state index contributed by atoms with van der Waals surface area (Å²) in [5.74, 6) is 0.158. The fourth-order valence-electron chi connectivity index (χ4n) is 4.39. The van der Waals surface area contributed by atoms with Crippen molar-refractivity contribution in [3.8, 4) is 11.1 Å². The first-order valence-electron chi connectivity index (χ1n) is 10.6. The van der Waals surface area contributed by atoms with Crippen LogP contribution in [0, 0.1) is 5.41 Å².